The number of hydrogen-bond acceptors (Lipinski definition) is 8. The molecule has 1 aromatic carbocycles. The molecule has 0 saturated carbocycles. The van der Waals surface area contributed by atoms with E-state index in [0.717, 1.165) is 5.03 Å². The second-order valence-electron chi connectivity index (χ2n) is 4.98. The van der Waals surface area contributed by atoms with Gasteiger partial charge in [-0.3, -0.25) is 10.1 Å². The van der Waals surface area contributed by atoms with Gasteiger partial charge < -0.3 is 9.47 Å². The monoisotopic (exact) mass is 380 g/mol. The average molecular weight is 380 g/mol. The third kappa shape index (κ3) is 6.28. The highest BCUT2D eigenvalue weighted by molar-refractivity contribution is 8.76. The molecule has 2 rings (SSSR count). The quantitative estimate of drug-likeness (QED) is 0.224. The number of nitro benzene ring substituents is 1. The molecule has 0 unspecified atom stereocenters. The summed E-state index contributed by atoms with van der Waals surface area (Å²) in [5, 5.41) is 11.5. The number of benzene rings is 1. The number of ether oxygens (including phenoxy) is 2. The average Bonchev–Trinajstić information content (AvgIpc) is 2.60. The van der Waals surface area contributed by atoms with Crippen LogP contribution in [-0.2, 0) is 4.74 Å². The van der Waals surface area contributed by atoms with Crippen molar-refractivity contribution < 1.29 is 19.2 Å². The molecule has 0 amide bonds. The van der Waals surface area contributed by atoms with Crippen LogP contribution < -0.4 is 4.74 Å². The molecule has 0 radical (unpaired) electrons. The van der Waals surface area contributed by atoms with E-state index in [0.29, 0.717) is 0 Å². The SMILES string of the molecule is C[C@@H](OC(=O)Oc1ccc([N+](=O)[O-])cc1)[C@@H](C)SSc1ccccn1. The summed E-state index contributed by atoms with van der Waals surface area (Å²) in [5.41, 5.74) is -0.0781. The number of rotatable bonds is 7. The summed E-state index contributed by atoms with van der Waals surface area (Å²) in [6, 6.07) is 10.9. The lowest BCUT2D eigenvalue weighted by atomic mass is 10.3. The molecular formula is C16H16N2O5S2. The van der Waals surface area contributed by atoms with Crippen LogP contribution in [-0.4, -0.2) is 27.4 Å². The van der Waals surface area contributed by atoms with Crippen LogP contribution in [0.2, 0.25) is 0 Å². The van der Waals surface area contributed by atoms with Gasteiger partial charge in [0.1, 0.15) is 16.9 Å². The highest BCUT2D eigenvalue weighted by atomic mass is 33.1. The first-order chi connectivity index (χ1) is 12.0. The van der Waals surface area contributed by atoms with Crippen LogP contribution in [0.4, 0.5) is 10.5 Å². The van der Waals surface area contributed by atoms with Crippen molar-refractivity contribution in [3.05, 3.63) is 58.8 Å². The Labute approximate surface area is 152 Å². The van der Waals surface area contributed by atoms with E-state index in [1.807, 2.05) is 25.1 Å². The molecule has 0 aliphatic rings. The van der Waals surface area contributed by atoms with E-state index < -0.39 is 11.1 Å². The lowest BCUT2D eigenvalue weighted by Crippen LogP contribution is -2.25. The molecule has 0 aliphatic carbocycles. The number of pyridine rings is 1. The third-order valence-corrected chi connectivity index (χ3v) is 6.02. The van der Waals surface area contributed by atoms with Gasteiger partial charge in [0.05, 0.1) is 4.92 Å². The molecule has 25 heavy (non-hydrogen) atoms. The molecule has 0 aliphatic heterocycles. The zero-order valence-electron chi connectivity index (χ0n) is 13.5. The fourth-order valence-corrected chi connectivity index (χ4v) is 3.82. The molecule has 7 nitrogen and oxygen atoms in total. The Kier molecular flexibility index (Phi) is 7.08. The van der Waals surface area contributed by atoms with Crippen molar-refractivity contribution >= 4 is 33.4 Å². The zero-order valence-corrected chi connectivity index (χ0v) is 15.2. The van der Waals surface area contributed by atoms with Crippen molar-refractivity contribution in [1.82, 2.24) is 4.98 Å². The van der Waals surface area contributed by atoms with Gasteiger partial charge in [-0.1, -0.05) is 16.9 Å². The minimum atomic E-state index is -0.850. The first-order valence-corrected chi connectivity index (χ1v) is 9.54. The van der Waals surface area contributed by atoms with E-state index in [1.54, 1.807) is 13.1 Å². The number of non-ortho nitro benzene ring substituents is 1. The second-order valence-corrected chi connectivity index (χ2v) is 7.58. The second kappa shape index (κ2) is 9.28. The largest absolute Gasteiger partial charge is 0.514 e. The standard InChI is InChI=1S/C16H16N2O5S2/c1-11(12(2)24-25-15-5-3-4-10-17-15)22-16(19)23-14-8-6-13(7-9-14)18(20)21/h3-12H,1-2H3/t11-,12-/m1/s1. The van der Waals surface area contributed by atoms with Gasteiger partial charge in [0.15, 0.2) is 0 Å². The van der Waals surface area contributed by atoms with Crippen molar-refractivity contribution in [2.45, 2.75) is 30.2 Å². The Balaban J connectivity index is 1.79. The van der Waals surface area contributed by atoms with Crippen molar-refractivity contribution in [3.63, 3.8) is 0 Å². The Hall–Kier alpha value is -2.26. The highest BCUT2D eigenvalue weighted by Gasteiger charge is 2.20. The summed E-state index contributed by atoms with van der Waals surface area (Å²) in [6.45, 7) is 3.71. The van der Waals surface area contributed by atoms with Gasteiger partial charge in [-0.15, -0.1) is 0 Å². The van der Waals surface area contributed by atoms with Gasteiger partial charge in [-0.25, -0.2) is 9.78 Å². The van der Waals surface area contributed by atoms with Crippen LogP contribution in [0, 0.1) is 10.1 Å². The summed E-state index contributed by atoms with van der Waals surface area (Å²) in [4.78, 5) is 26.1. The molecule has 0 N–H and O–H groups in total. The fourth-order valence-electron chi connectivity index (χ4n) is 1.60. The van der Waals surface area contributed by atoms with Crippen LogP contribution in [0.1, 0.15) is 13.8 Å². The number of nitrogens with zero attached hydrogens (tertiary/aromatic N) is 2. The van der Waals surface area contributed by atoms with Gasteiger partial charge in [0, 0.05) is 23.6 Å². The molecule has 0 spiro atoms. The first-order valence-electron chi connectivity index (χ1n) is 7.33. The molecule has 0 saturated heterocycles. The zero-order chi connectivity index (χ0) is 18.2. The number of aromatic nitrogens is 1. The van der Waals surface area contributed by atoms with Crippen LogP contribution in [0.15, 0.2) is 53.7 Å². The molecule has 132 valence electrons. The first kappa shape index (κ1) is 19.1. The number of carbonyl (C=O) groups excluding carboxylic acids is 1. The highest BCUT2D eigenvalue weighted by Crippen LogP contribution is 2.34. The van der Waals surface area contributed by atoms with E-state index >= 15 is 0 Å². The number of nitro groups is 1. The van der Waals surface area contributed by atoms with Gasteiger partial charge in [-0.05, 0) is 48.9 Å². The van der Waals surface area contributed by atoms with E-state index in [2.05, 4.69) is 4.98 Å². The minimum absolute atomic E-state index is 0.0106. The van der Waals surface area contributed by atoms with Crippen LogP contribution in [0.25, 0.3) is 0 Å². The topological polar surface area (TPSA) is 91.6 Å². The van der Waals surface area contributed by atoms with Gasteiger partial charge in [-0.2, -0.15) is 0 Å². The molecule has 9 heteroatoms. The molecule has 1 aromatic heterocycles. The number of hydrogen-bond donors (Lipinski definition) is 0. The van der Waals surface area contributed by atoms with Gasteiger partial charge >= 0.3 is 6.16 Å². The smallest absolute Gasteiger partial charge is 0.430 e. The summed E-state index contributed by atoms with van der Waals surface area (Å²) in [5.74, 6) is 0.186. The van der Waals surface area contributed by atoms with E-state index in [9.17, 15) is 14.9 Å². The summed E-state index contributed by atoms with van der Waals surface area (Å²) >= 11 is 0. The molecule has 1 heterocycles. The van der Waals surface area contributed by atoms with Crippen LogP contribution in [0.5, 0.6) is 5.75 Å². The molecule has 0 bridgehead atoms. The maximum Gasteiger partial charge on any atom is 0.514 e. The summed E-state index contributed by atoms with van der Waals surface area (Å²) in [7, 11) is 3.04. The Morgan fingerprint density at radius 2 is 1.92 bits per heavy atom. The summed E-state index contributed by atoms with van der Waals surface area (Å²) < 4.78 is 10.3. The lowest BCUT2D eigenvalue weighted by molar-refractivity contribution is -0.384. The van der Waals surface area contributed by atoms with Crippen molar-refractivity contribution in [1.29, 1.82) is 0 Å². The Morgan fingerprint density at radius 1 is 1.20 bits per heavy atom. The van der Waals surface area contributed by atoms with Gasteiger partial charge in [0.25, 0.3) is 5.69 Å². The van der Waals surface area contributed by atoms with E-state index in [-0.39, 0.29) is 22.8 Å². The number of carbonyl (C=O) groups is 1. The Morgan fingerprint density at radius 3 is 2.52 bits per heavy atom. The summed E-state index contributed by atoms with van der Waals surface area (Å²) in [6.07, 6.45) is 0.484. The molecular weight excluding hydrogens is 364 g/mol. The maximum absolute atomic E-state index is 11.8. The molecule has 2 aromatic rings. The third-order valence-electron chi connectivity index (χ3n) is 3.11. The van der Waals surface area contributed by atoms with E-state index in [4.69, 9.17) is 9.47 Å². The van der Waals surface area contributed by atoms with Gasteiger partial charge in [0.2, 0.25) is 0 Å². The van der Waals surface area contributed by atoms with Crippen molar-refractivity contribution in [2.75, 3.05) is 0 Å². The maximum atomic E-state index is 11.8. The minimum Gasteiger partial charge on any atom is -0.430 e. The normalized spacial score (nSPS) is 12.9. The Bertz CT molecular complexity index is 712. The lowest BCUT2D eigenvalue weighted by Gasteiger charge is -2.18. The fraction of sp³-hybridized carbons (Fsp3) is 0.250. The van der Waals surface area contributed by atoms with Crippen molar-refractivity contribution in [2.24, 2.45) is 0 Å². The predicted octanol–water partition coefficient (Wildman–Crippen LogP) is 4.72. The van der Waals surface area contributed by atoms with Crippen molar-refractivity contribution in [3.8, 4) is 5.75 Å². The molecule has 0 fully saturated rings. The predicted molar refractivity (Wildman–Crippen MR) is 96.8 cm³/mol. The van der Waals surface area contributed by atoms with Crippen LogP contribution in [0.3, 0.4) is 0 Å². The van der Waals surface area contributed by atoms with Crippen LogP contribution >= 0.6 is 21.6 Å². The molecule has 2 atom stereocenters. The van der Waals surface area contributed by atoms with E-state index in [1.165, 1.54) is 45.9 Å².